The van der Waals surface area contributed by atoms with E-state index in [4.69, 9.17) is 9.84 Å². The van der Waals surface area contributed by atoms with Gasteiger partial charge in [-0.15, -0.1) is 0 Å². The molecular formula is C17H19NO3. The van der Waals surface area contributed by atoms with Crippen LogP contribution in [-0.4, -0.2) is 28.0 Å². The van der Waals surface area contributed by atoms with Crippen LogP contribution in [0.25, 0.3) is 10.9 Å². The van der Waals surface area contributed by atoms with Gasteiger partial charge in [0, 0.05) is 11.1 Å². The Labute approximate surface area is 124 Å². The Morgan fingerprint density at radius 1 is 1.33 bits per heavy atom. The van der Waals surface area contributed by atoms with Crippen molar-refractivity contribution < 1.29 is 14.6 Å². The molecular weight excluding hydrogens is 266 g/mol. The highest BCUT2D eigenvalue weighted by Crippen LogP contribution is 2.26. The van der Waals surface area contributed by atoms with Crippen molar-refractivity contribution in [2.45, 2.75) is 33.3 Å². The third kappa shape index (κ3) is 3.09. The van der Waals surface area contributed by atoms with Gasteiger partial charge in [0.05, 0.1) is 11.1 Å². The molecule has 2 aromatic rings. The Kier molecular flexibility index (Phi) is 4.06. The maximum Gasteiger partial charge on any atom is 0.419 e. The Bertz CT molecular complexity index is 739. The van der Waals surface area contributed by atoms with E-state index in [1.165, 1.54) is 4.57 Å². The number of aromatic nitrogens is 1. The third-order valence-electron chi connectivity index (χ3n) is 2.98. The molecule has 0 aliphatic carbocycles. The second-order valence-corrected chi connectivity index (χ2v) is 5.75. The minimum absolute atomic E-state index is 0.217. The Morgan fingerprint density at radius 2 is 2.00 bits per heavy atom. The van der Waals surface area contributed by atoms with E-state index in [0.29, 0.717) is 5.69 Å². The number of rotatable bonds is 0. The summed E-state index contributed by atoms with van der Waals surface area (Å²) in [6.45, 7) is 7.10. The minimum Gasteiger partial charge on any atom is -0.443 e. The average Bonchev–Trinajstić information content (AvgIpc) is 2.66. The molecule has 0 spiro atoms. The topological polar surface area (TPSA) is 51.5 Å². The molecule has 0 fully saturated rings. The lowest BCUT2D eigenvalue weighted by atomic mass is 10.1. The van der Waals surface area contributed by atoms with Gasteiger partial charge < -0.3 is 9.84 Å². The SMILES string of the molecule is Cc1c(C#CCO)c2ccccc2n1C(=O)OC(C)(C)C. The van der Waals surface area contributed by atoms with Crippen LogP contribution in [0.5, 0.6) is 0 Å². The fourth-order valence-corrected chi connectivity index (χ4v) is 2.20. The van der Waals surface area contributed by atoms with Gasteiger partial charge in [0.25, 0.3) is 0 Å². The molecule has 2 rings (SSSR count). The summed E-state index contributed by atoms with van der Waals surface area (Å²) in [5.74, 6) is 5.55. The van der Waals surface area contributed by atoms with Crippen molar-refractivity contribution in [1.29, 1.82) is 0 Å². The van der Waals surface area contributed by atoms with Crippen LogP contribution in [0.4, 0.5) is 4.79 Å². The molecule has 0 amide bonds. The maximum absolute atomic E-state index is 12.4. The molecule has 4 nitrogen and oxygen atoms in total. The highest BCUT2D eigenvalue weighted by atomic mass is 16.6. The first kappa shape index (κ1) is 15.1. The van der Waals surface area contributed by atoms with E-state index in [0.717, 1.165) is 16.5 Å². The van der Waals surface area contributed by atoms with E-state index in [2.05, 4.69) is 11.8 Å². The van der Waals surface area contributed by atoms with E-state index in [1.807, 2.05) is 52.0 Å². The second kappa shape index (κ2) is 5.63. The van der Waals surface area contributed by atoms with Gasteiger partial charge in [-0.05, 0) is 33.8 Å². The number of aliphatic hydroxyl groups is 1. The fourth-order valence-electron chi connectivity index (χ4n) is 2.20. The molecule has 0 atom stereocenters. The number of carbonyl (C=O) groups is 1. The van der Waals surface area contributed by atoms with Crippen LogP contribution in [-0.2, 0) is 4.74 Å². The molecule has 0 saturated heterocycles. The van der Waals surface area contributed by atoms with Crippen molar-refractivity contribution >= 4 is 17.0 Å². The van der Waals surface area contributed by atoms with Crippen molar-refractivity contribution in [2.24, 2.45) is 0 Å². The van der Waals surface area contributed by atoms with Gasteiger partial charge in [0.2, 0.25) is 0 Å². The highest BCUT2D eigenvalue weighted by Gasteiger charge is 2.22. The molecule has 0 aliphatic heterocycles. The summed E-state index contributed by atoms with van der Waals surface area (Å²) < 4.78 is 6.99. The van der Waals surface area contributed by atoms with E-state index in [1.54, 1.807) is 0 Å². The second-order valence-electron chi connectivity index (χ2n) is 5.75. The van der Waals surface area contributed by atoms with Gasteiger partial charge in [-0.2, -0.15) is 0 Å². The molecule has 110 valence electrons. The molecule has 0 saturated carbocycles. The normalized spacial score (nSPS) is 11.1. The number of benzene rings is 1. The van der Waals surface area contributed by atoms with Gasteiger partial charge >= 0.3 is 6.09 Å². The lowest BCUT2D eigenvalue weighted by Crippen LogP contribution is -2.27. The van der Waals surface area contributed by atoms with Gasteiger partial charge in [0.15, 0.2) is 0 Å². The number of aliphatic hydroxyl groups excluding tert-OH is 1. The zero-order valence-corrected chi connectivity index (χ0v) is 12.7. The molecule has 0 radical (unpaired) electrons. The first-order chi connectivity index (χ1) is 9.85. The van der Waals surface area contributed by atoms with Crippen molar-refractivity contribution in [3.05, 3.63) is 35.5 Å². The van der Waals surface area contributed by atoms with Crippen LogP contribution in [0.1, 0.15) is 32.0 Å². The lowest BCUT2D eigenvalue weighted by molar-refractivity contribution is 0.0541. The van der Waals surface area contributed by atoms with Crippen LogP contribution in [0.3, 0.4) is 0 Å². The molecule has 0 aliphatic rings. The zero-order chi connectivity index (χ0) is 15.6. The van der Waals surface area contributed by atoms with Crippen LogP contribution >= 0.6 is 0 Å². The number of nitrogens with zero attached hydrogens (tertiary/aromatic N) is 1. The van der Waals surface area contributed by atoms with E-state index in [-0.39, 0.29) is 6.61 Å². The summed E-state index contributed by atoms with van der Waals surface area (Å²) in [6, 6.07) is 7.53. The Hall–Kier alpha value is -2.25. The number of ether oxygens (including phenoxy) is 1. The molecule has 4 heteroatoms. The quantitative estimate of drug-likeness (QED) is 0.757. The fraction of sp³-hybridized carbons (Fsp3) is 0.353. The van der Waals surface area contributed by atoms with Gasteiger partial charge in [-0.25, -0.2) is 9.36 Å². The molecule has 1 heterocycles. The molecule has 0 bridgehead atoms. The number of hydrogen-bond acceptors (Lipinski definition) is 3. The first-order valence-electron chi connectivity index (χ1n) is 6.78. The van der Waals surface area contributed by atoms with Crippen LogP contribution < -0.4 is 0 Å². The highest BCUT2D eigenvalue weighted by molar-refractivity contribution is 5.95. The zero-order valence-electron chi connectivity index (χ0n) is 12.7. The molecule has 1 aromatic carbocycles. The summed E-state index contributed by atoms with van der Waals surface area (Å²) in [4.78, 5) is 12.4. The van der Waals surface area contributed by atoms with Crippen molar-refractivity contribution in [1.82, 2.24) is 4.57 Å². The molecule has 21 heavy (non-hydrogen) atoms. The number of fused-ring (bicyclic) bond motifs is 1. The minimum atomic E-state index is -0.564. The van der Waals surface area contributed by atoms with Crippen LogP contribution in [0.2, 0.25) is 0 Å². The first-order valence-corrected chi connectivity index (χ1v) is 6.78. The molecule has 1 N–H and O–H groups in total. The standard InChI is InChI=1S/C17H19NO3/c1-12-13(9-7-11-19)14-8-5-6-10-15(14)18(12)16(20)21-17(2,3)4/h5-6,8,10,19H,11H2,1-4H3. The predicted octanol–water partition coefficient (Wildman–Crippen LogP) is 3.08. The summed E-state index contributed by atoms with van der Waals surface area (Å²) in [5, 5.41) is 9.76. The van der Waals surface area contributed by atoms with Crippen LogP contribution in [0.15, 0.2) is 24.3 Å². The van der Waals surface area contributed by atoms with E-state index in [9.17, 15) is 4.79 Å². The Balaban J connectivity index is 2.64. The van der Waals surface area contributed by atoms with E-state index >= 15 is 0 Å². The summed E-state index contributed by atoms with van der Waals surface area (Å²) in [5.41, 5.74) is 1.65. The molecule has 0 unspecified atom stereocenters. The van der Waals surface area contributed by atoms with Gasteiger partial charge in [0.1, 0.15) is 12.2 Å². The predicted molar refractivity (Wildman–Crippen MR) is 82.3 cm³/mol. The van der Waals surface area contributed by atoms with Crippen LogP contribution in [0, 0.1) is 18.8 Å². The largest absolute Gasteiger partial charge is 0.443 e. The van der Waals surface area contributed by atoms with Crippen molar-refractivity contribution in [3.8, 4) is 11.8 Å². The summed E-state index contributed by atoms with van der Waals surface area (Å²) in [6.07, 6.45) is -0.423. The monoisotopic (exact) mass is 285 g/mol. The average molecular weight is 285 g/mol. The van der Waals surface area contributed by atoms with Crippen molar-refractivity contribution in [2.75, 3.05) is 6.61 Å². The van der Waals surface area contributed by atoms with Crippen molar-refractivity contribution in [3.63, 3.8) is 0 Å². The van der Waals surface area contributed by atoms with E-state index < -0.39 is 11.7 Å². The maximum atomic E-state index is 12.4. The number of hydrogen-bond donors (Lipinski definition) is 1. The Morgan fingerprint density at radius 3 is 2.62 bits per heavy atom. The van der Waals surface area contributed by atoms with Gasteiger partial charge in [-0.3, -0.25) is 0 Å². The summed E-state index contributed by atoms with van der Waals surface area (Å²) >= 11 is 0. The lowest BCUT2D eigenvalue weighted by Gasteiger charge is -2.20. The smallest absolute Gasteiger partial charge is 0.419 e. The van der Waals surface area contributed by atoms with Gasteiger partial charge in [-0.1, -0.05) is 30.0 Å². The third-order valence-corrected chi connectivity index (χ3v) is 2.98. The number of para-hydroxylation sites is 1. The number of carbonyl (C=O) groups excluding carboxylic acids is 1. The molecule has 1 aromatic heterocycles. The summed E-state index contributed by atoms with van der Waals surface area (Å²) in [7, 11) is 0.